The topological polar surface area (TPSA) is 48.0 Å². The molecule has 5 nitrogen and oxygen atoms in total. The highest BCUT2D eigenvalue weighted by Gasteiger charge is 2.15. The summed E-state index contributed by atoms with van der Waals surface area (Å²) in [6.07, 6.45) is 48.1. The van der Waals surface area contributed by atoms with Gasteiger partial charge in [0, 0.05) is 19.6 Å². The number of hydrogen-bond acceptors (Lipinski definition) is 5. The van der Waals surface area contributed by atoms with E-state index in [0.717, 1.165) is 45.4 Å². The maximum Gasteiger partial charge on any atom is 0.306 e. The summed E-state index contributed by atoms with van der Waals surface area (Å²) in [7, 11) is 4.06. The smallest absolute Gasteiger partial charge is 0.306 e. The number of ether oxygens (including phenoxy) is 3. The normalized spacial score (nSPS) is 12.7. The van der Waals surface area contributed by atoms with Crippen LogP contribution in [0, 0.1) is 0 Å². The fourth-order valence-corrected chi connectivity index (χ4v) is 5.97. The van der Waals surface area contributed by atoms with Crippen LogP contribution in [0.3, 0.4) is 0 Å². The molecule has 1 unspecified atom stereocenters. The van der Waals surface area contributed by atoms with Crippen molar-refractivity contribution in [1.82, 2.24) is 4.90 Å². The van der Waals surface area contributed by atoms with Gasteiger partial charge in [0.05, 0.1) is 13.2 Å². The lowest BCUT2D eigenvalue weighted by atomic mass is 10.1. The molecule has 0 spiro atoms. The van der Waals surface area contributed by atoms with E-state index in [1.165, 1.54) is 148 Å². The first-order valence-electron chi connectivity index (χ1n) is 21.5. The minimum Gasteiger partial charge on any atom is -0.457 e. The molecule has 1 atom stereocenters. The zero-order chi connectivity index (χ0) is 36.4. The lowest BCUT2D eigenvalue weighted by Gasteiger charge is -2.19. The van der Waals surface area contributed by atoms with Crippen LogP contribution >= 0.6 is 0 Å². The molecular weight excluding hydrogens is 618 g/mol. The molecule has 294 valence electrons. The van der Waals surface area contributed by atoms with Crippen LogP contribution in [0.2, 0.25) is 0 Å². The average Bonchev–Trinajstić information content (AvgIpc) is 3.10. The second-order valence-electron chi connectivity index (χ2n) is 14.7. The van der Waals surface area contributed by atoms with E-state index in [1.807, 2.05) is 14.1 Å². The van der Waals surface area contributed by atoms with E-state index in [1.54, 1.807) is 0 Å². The van der Waals surface area contributed by atoms with Crippen molar-refractivity contribution in [3.8, 4) is 0 Å². The Labute approximate surface area is 312 Å². The van der Waals surface area contributed by atoms with Gasteiger partial charge >= 0.3 is 5.97 Å². The van der Waals surface area contributed by atoms with Crippen molar-refractivity contribution in [3.05, 3.63) is 36.5 Å². The second kappa shape index (κ2) is 42.0. The van der Waals surface area contributed by atoms with Gasteiger partial charge < -0.3 is 19.1 Å². The van der Waals surface area contributed by atoms with Gasteiger partial charge in [0.2, 0.25) is 0 Å². The molecule has 0 aliphatic carbocycles. The molecule has 0 radical (unpaired) electrons. The van der Waals surface area contributed by atoms with Gasteiger partial charge in [-0.1, -0.05) is 147 Å². The summed E-state index contributed by atoms with van der Waals surface area (Å²) in [4.78, 5) is 14.6. The van der Waals surface area contributed by atoms with Crippen molar-refractivity contribution in [2.45, 2.75) is 200 Å². The molecule has 0 aromatic heterocycles. The van der Waals surface area contributed by atoms with E-state index in [4.69, 9.17) is 14.2 Å². The molecule has 0 saturated carbocycles. The maximum absolute atomic E-state index is 12.5. The van der Waals surface area contributed by atoms with Gasteiger partial charge in [-0.25, -0.2) is 0 Å². The van der Waals surface area contributed by atoms with Crippen molar-refractivity contribution >= 4 is 5.97 Å². The first kappa shape index (κ1) is 48.6. The van der Waals surface area contributed by atoms with Crippen LogP contribution in [0.5, 0.6) is 0 Å². The third-order valence-corrected chi connectivity index (χ3v) is 9.18. The highest BCUT2D eigenvalue weighted by atomic mass is 16.6. The largest absolute Gasteiger partial charge is 0.457 e. The average molecular weight is 704 g/mol. The quantitative estimate of drug-likeness (QED) is 0.0361. The lowest BCUT2D eigenvalue weighted by Crippen LogP contribution is -2.29. The van der Waals surface area contributed by atoms with Gasteiger partial charge in [0.1, 0.15) is 6.10 Å². The first-order valence-corrected chi connectivity index (χ1v) is 21.5. The monoisotopic (exact) mass is 704 g/mol. The molecule has 0 bridgehead atoms. The number of rotatable bonds is 40. The molecular formula is C45H85NO4. The van der Waals surface area contributed by atoms with Gasteiger partial charge in [-0.3, -0.25) is 4.79 Å². The maximum atomic E-state index is 12.5. The fourth-order valence-electron chi connectivity index (χ4n) is 5.97. The van der Waals surface area contributed by atoms with Crippen molar-refractivity contribution < 1.29 is 19.0 Å². The predicted octanol–water partition coefficient (Wildman–Crippen LogP) is 13.1. The number of unbranched alkanes of at least 4 members (excludes halogenated alkanes) is 21. The summed E-state index contributed by atoms with van der Waals surface area (Å²) in [6, 6.07) is 0. The molecule has 0 N–H and O–H groups in total. The fraction of sp³-hybridized carbons (Fsp3) is 0.844. The number of nitrogens with zero attached hydrogens (tertiary/aromatic N) is 1. The summed E-state index contributed by atoms with van der Waals surface area (Å²) in [5.74, 6) is -0.143. The molecule has 0 amide bonds. The molecule has 0 saturated heterocycles. The molecule has 50 heavy (non-hydrogen) atoms. The third-order valence-electron chi connectivity index (χ3n) is 9.18. The molecule has 0 aromatic rings. The minimum absolute atomic E-state index is 0.143. The van der Waals surface area contributed by atoms with Crippen molar-refractivity contribution in [3.63, 3.8) is 0 Å². The van der Waals surface area contributed by atoms with Crippen LogP contribution in [-0.2, 0) is 19.0 Å². The van der Waals surface area contributed by atoms with E-state index in [2.05, 4.69) is 55.2 Å². The first-order chi connectivity index (χ1) is 24.6. The Balaban J connectivity index is 3.92. The summed E-state index contributed by atoms with van der Waals surface area (Å²) >= 11 is 0. The Bertz CT molecular complexity index is 762. The standard InChI is InChI=1S/C45H85NO4/c1-5-7-9-11-13-15-17-19-21-23-25-27-29-31-33-35-40-48-42-44(50-45(47)38-37-39-46(3)4)43-49-41-36-34-32-30-28-26-24-22-20-18-16-14-12-10-8-6-2/h13,15,19-22,44H,5-12,14,16-18,23-43H2,1-4H3/b15-13-,21-19-,22-20-. The van der Waals surface area contributed by atoms with Crippen molar-refractivity contribution in [2.75, 3.05) is 47.1 Å². The zero-order valence-electron chi connectivity index (χ0n) is 34.0. The lowest BCUT2D eigenvalue weighted by molar-refractivity contribution is -0.156. The Hall–Kier alpha value is -1.43. The zero-order valence-corrected chi connectivity index (χ0v) is 34.0. The molecule has 0 rings (SSSR count). The second-order valence-corrected chi connectivity index (χ2v) is 14.7. The van der Waals surface area contributed by atoms with Crippen LogP contribution in [0.15, 0.2) is 36.5 Å². The summed E-state index contributed by atoms with van der Waals surface area (Å²) in [5.41, 5.74) is 0. The van der Waals surface area contributed by atoms with Gasteiger partial charge in [-0.05, 0) is 97.7 Å². The SMILES string of the molecule is CCCCC/C=C\C/C=C\CCCCCCCCOCC(COCCCCCCCC/C=C\CCCCCCCC)OC(=O)CCCN(C)C. The minimum atomic E-state index is -0.319. The number of esters is 1. The van der Waals surface area contributed by atoms with Gasteiger partial charge in [0.25, 0.3) is 0 Å². The third kappa shape index (κ3) is 41.0. The highest BCUT2D eigenvalue weighted by molar-refractivity contribution is 5.69. The predicted molar refractivity (Wildman–Crippen MR) is 218 cm³/mol. The van der Waals surface area contributed by atoms with Crippen LogP contribution < -0.4 is 0 Å². The van der Waals surface area contributed by atoms with E-state index < -0.39 is 0 Å². The van der Waals surface area contributed by atoms with Crippen molar-refractivity contribution in [2.24, 2.45) is 0 Å². The van der Waals surface area contributed by atoms with Crippen LogP contribution in [0.4, 0.5) is 0 Å². The molecule has 0 aliphatic heterocycles. The Morgan fingerprint density at radius 1 is 0.500 bits per heavy atom. The highest BCUT2D eigenvalue weighted by Crippen LogP contribution is 2.12. The molecule has 0 heterocycles. The van der Waals surface area contributed by atoms with Gasteiger partial charge in [-0.15, -0.1) is 0 Å². The van der Waals surface area contributed by atoms with Crippen molar-refractivity contribution in [1.29, 1.82) is 0 Å². The number of allylic oxidation sites excluding steroid dienone is 6. The van der Waals surface area contributed by atoms with E-state index in [0.29, 0.717) is 19.6 Å². The molecule has 0 aromatic carbocycles. The summed E-state index contributed by atoms with van der Waals surface area (Å²) in [6.45, 7) is 7.71. The number of carbonyl (C=O) groups is 1. The van der Waals surface area contributed by atoms with E-state index in [9.17, 15) is 4.79 Å². The summed E-state index contributed by atoms with van der Waals surface area (Å²) in [5, 5.41) is 0. The van der Waals surface area contributed by atoms with E-state index >= 15 is 0 Å². The number of carbonyl (C=O) groups excluding carboxylic acids is 1. The Kier molecular flexibility index (Phi) is 40.8. The van der Waals surface area contributed by atoms with Gasteiger partial charge in [-0.2, -0.15) is 0 Å². The van der Waals surface area contributed by atoms with Crippen LogP contribution in [0.25, 0.3) is 0 Å². The Morgan fingerprint density at radius 3 is 1.34 bits per heavy atom. The molecule has 0 aliphatic rings. The molecule has 5 heteroatoms. The molecule has 0 fully saturated rings. The van der Waals surface area contributed by atoms with Crippen LogP contribution in [0.1, 0.15) is 194 Å². The van der Waals surface area contributed by atoms with Crippen LogP contribution in [-0.4, -0.2) is 64.0 Å². The van der Waals surface area contributed by atoms with E-state index in [-0.39, 0.29) is 12.1 Å². The summed E-state index contributed by atoms with van der Waals surface area (Å²) < 4.78 is 17.7. The Morgan fingerprint density at radius 2 is 0.880 bits per heavy atom. The number of hydrogen-bond donors (Lipinski definition) is 0. The van der Waals surface area contributed by atoms with Gasteiger partial charge in [0.15, 0.2) is 0 Å².